The van der Waals surface area contributed by atoms with Gasteiger partial charge >= 0.3 is 0 Å². The number of aliphatic hydroxyl groups excluding tert-OH is 1. The predicted octanol–water partition coefficient (Wildman–Crippen LogP) is 3.11. The molecule has 1 aromatic rings. The molecule has 0 saturated carbocycles. The van der Waals surface area contributed by atoms with E-state index in [4.69, 9.17) is 5.11 Å². The van der Waals surface area contributed by atoms with Crippen LogP contribution in [0.3, 0.4) is 0 Å². The van der Waals surface area contributed by atoms with Crippen LogP contribution in [0.15, 0.2) is 18.2 Å². The number of anilines is 1. The summed E-state index contributed by atoms with van der Waals surface area (Å²) in [4.78, 5) is 2.47. The zero-order chi connectivity index (χ0) is 12.5. The maximum absolute atomic E-state index is 9.12. The molecule has 0 aromatic heterocycles. The number of nitrogens with zero attached hydrogens (tertiary/aromatic N) is 1. The second-order valence-electron chi connectivity index (χ2n) is 5.93. The Morgan fingerprint density at radius 1 is 1.24 bits per heavy atom. The van der Waals surface area contributed by atoms with Crippen LogP contribution in [0, 0.1) is 12.3 Å². The summed E-state index contributed by atoms with van der Waals surface area (Å²) in [5.74, 6) is 0. The molecule has 0 aliphatic carbocycles. The predicted molar refractivity (Wildman–Crippen MR) is 72.3 cm³/mol. The van der Waals surface area contributed by atoms with E-state index in [1.165, 1.54) is 24.1 Å². The molecule has 0 bridgehead atoms. The van der Waals surface area contributed by atoms with Crippen LogP contribution >= 0.6 is 0 Å². The zero-order valence-electron chi connectivity index (χ0n) is 11.2. The van der Waals surface area contributed by atoms with Gasteiger partial charge in [0.05, 0.1) is 6.61 Å². The van der Waals surface area contributed by atoms with Crippen LogP contribution in [0.25, 0.3) is 0 Å². The topological polar surface area (TPSA) is 23.5 Å². The molecule has 2 nitrogen and oxygen atoms in total. The molecule has 1 fully saturated rings. The molecule has 0 radical (unpaired) electrons. The Kier molecular flexibility index (Phi) is 3.43. The fourth-order valence-electron chi connectivity index (χ4n) is 2.52. The first-order chi connectivity index (χ1) is 8.02. The fraction of sp³-hybridized carbons (Fsp3) is 0.600. The second-order valence-corrected chi connectivity index (χ2v) is 5.93. The minimum atomic E-state index is 0.133. The number of aliphatic hydroxyl groups is 1. The van der Waals surface area contributed by atoms with Gasteiger partial charge in [0.25, 0.3) is 0 Å². The number of aryl methyl sites for hydroxylation is 1. The molecule has 2 rings (SSSR count). The van der Waals surface area contributed by atoms with E-state index < -0.39 is 0 Å². The van der Waals surface area contributed by atoms with Crippen LogP contribution in [0.5, 0.6) is 0 Å². The van der Waals surface area contributed by atoms with Crippen LogP contribution in [-0.4, -0.2) is 18.2 Å². The lowest BCUT2D eigenvalue weighted by Gasteiger charge is -2.38. The maximum atomic E-state index is 9.12. The first-order valence-corrected chi connectivity index (χ1v) is 6.47. The van der Waals surface area contributed by atoms with Gasteiger partial charge in [-0.3, -0.25) is 0 Å². The number of rotatable bonds is 2. The van der Waals surface area contributed by atoms with Gasteiger partial charge in [0.15, 0.2) is 0 Å². The van der Waals surface area contributed by atoms with Gasteiger partial charge in [0, 0.05) is 18.8 Å². The summed E-state index contributed by atoms with van der Waals surface area (Å²) in [6.45, 7) is 9.26. The molecule has 0 unspecified atom stereocenters. The Labute approximate surface area is 104 Å². The van der Waals surface area contributed by atoms with Gasteiger partial charge in [0.1, 0.15) is 0 Å². The van der Waals surface area contributed by atoms with E-state index in [1.54, 1.807) is 0 Å². The minimum absolute atomic E-state index is 0.133. The lowest BCUT2D eigenvalue weighted by Crippen LogP contribution is -2.37. The molecule has 0 atom stereocenters. The van der Waals surface area contributed by atoms with E-state index in [-0.39, 0.29) is 6.61 Å². The van der Waals surface area contributed by atoms with E-state index in [0.717, 1.165) is 18.7 Å². The number of piperidine rings is 1. The van der Waals surface area contributed by atoms with Gasteiger partial charge < -0.3 is 10.0 Å². The van der Waals surface area contributed by atoms with Crippen LogP contribution in [0.2, 0.25) is 0 Å². The first-order valence-electron chi connectivity index (χ1n) is 6.47. The van der Waals surface area contributed by atoms with Gasteiger partial charge in [-0.1, -0.05) is 26.0 Å². The summed E-state index contributed by atoms with van der Waals surface area (Å²) < 4.78 is 0. The maximum Gasteiger partial charge on any atom is 0.0681 e. The molecular formula is C15H23NO. The summed E-state index contributed by atoms with van der Waals surface area (Å²) in [5, 5.41) is 9.12. The summed E-state index contributed by atoms with van der Waals surface area (Å²) >= 11 is 0. The Hall–Kier alpha value is -1.02. The number of hydrogen-bond donors (Lipinski definition) is 1. The summed E-state index contributed by atoms with van der Waals surface area (Å²) in [7, 11) is 0. The average Bonchev–Trinajstić information content (AvgIpc) is 2.29. The van der Waals surface area contributed by atoms with Crippen molar-refractivity contribution in [2.45, 2.75) is 40.2 Å². The monoisotopic (exact) mass is 233 g/mol. The molecule has 1 N–H and O–H groups in total. The van der Waals surface area contributed by atoms with Gasteiger partial charge in [-0.25, -0.2) is 0 Å². The van der Waals surface area contributed by atoms with E-state index in [0.29, 0.717) is 5.41 Å². The molecule has 0 amide bonds. The SMILES string of the molecule is Cc1cc(CO)ccc1N1CCC(C)(C)CC1. The quantitative estimate of drug-likeness (QED) is 0.848. The molecule has 1 aromatic carbocycles. The highest BCUT2D eigenvalue weighted by Gasteiger charge is 2.25. The lowest BCUT2D eigenvalue weighted by molar-refractivity contribution is 0.279. The highest BCUT2D eigenvalue weighted by Crippen LogP contribution is 2.33. The number of benzene rings is 1. The fourth-order valence-corrected chi connectivity index (χ4v) is 2.52. The van der Waals surface area contributed by atoms with Crippen LogP contribution in [-0.2, 0) is 6.61 Å². The Morgan fingerprint density at radius 2 is 1.88 bits per heavy atom. The van der Waals surface area contributed by atoms with Crippen molar-refractivity contribution in [2.75, 3.05) is 18.0 Å². The van der Waals surface area contributed by atoms with Crippen molar-refractivity contribution in [3.05, 3.63) is 29.3 Å². The third-order valence-electron chi connectivity index (χ3n) is 3.90. The minimum Gasteiger partial charge on any atom is -0.392 e. The van der Waals surface area contributed by atoms with Crippen molar-refractivity contribution < 1.29 is 5.11 Å². The van der Waals surface area contributed by atoms with Gasteiger partial charge in [-0.15, -0.1) is 0 Å². The van der Waals surface area contributed by atoms with Crippen molar-refractivity contribution in [2.24, 2.45) is 5.41 Å². The molecule has 2 heteroatoms. The lowest BCUT2D eigenvalue weighted by atomic mass is 9.82. The van der Waals surface area contributed by atoms with E-state index >= 15 is 0 Å². The normalized spacial score (nSPS) is 19.4. The van der Waals surface area contributed by atoms with Gasteiger partial charge in [0.2, 0.25) is 0 Å². The van der Waals surface area contributed by atoms with Crippen molar-refractivity contribution in [1.82, 2.24) is 0 Å². The van der Waals surface area contributed by atoms with Crippen LogP contribution in [0.1, 0.15) is 37.8 Å². The van der Waals surface area contributed by atoms with Crippen molar-refractivity contribution in [3.63, 3.8) is 0 Å². The standard InChI is InChI=1S/C15H23NO/c1-12-10-13(11-17)4-5-14(12)16-8-6-15(2,3)7-9-16/h4-5,10,17H,6-9,11H2,1-3H3. The molecule has 1 aliphatic rings. The zero-order valence-corrected chi connectivity index (χ0v) is 11.2. The molecule has 94 valence electrons. The molecule has 1 aliphatic heterocycles. The summed E-state index contributed by atoms with van der Waals surface area (Å²) in [6, 6.07) is 6.27. The Balaban J connectivity index is 2.13. The molecular weight excluding hydrogens is 210 g/mol. The number of hydrogen-bond acceptors (Lipinski definition) is 2. The average molecular weight is 233 g/mol. The van der Waals surface area contributed by atoms with Crippen molar-refractivity contribution in [1.29, 1.82) is 0 Å². The smallest absolute Gasteiger partial charge is 0.0681 e. The molecule has 0 spiro atoms. The Morgan fingerprint density at radius 3 is 2.41 bits per heavy atom. The third kappa shape index (κ3) is 2.81. The largest absolute Gasteiger partial charge is 0.392 e. The Bertz CT molecular complexity index is 388. The third-order valence-corrected chi connectivity index (χ3v) is 3.90. The van der Waals surface area contributed by atoms with Crippen LogP contribution < -0.4 is 4.90 Å². The van der Waals surface area contributed by atoms with Gasteiger partial charge in [-0.05, 0) is 42.4 Å². The first kappa shape index (κ1) is 12.4. The van der Waals surface area contributed by atoms with Crippen molar-refractivity contribution >= 4 is 5.69 Å². The second kappa shape index (κ2) is 4.69. The molecule has 1 heterocycles. The van der Waals surface area contributed by atoms with Crippen molar-refractivity contribution in [3.8, 4) is 0 Å². The van der Waals surface area contributed by atoms with E-state index in [9.17, 15) is 0 Å². The van der Waals surface area contributed by atoms with E-state index in [1.807, 2.05) is 6.07 Å². The summed E-state index contributed by atoms with van der Waals surface area (Å²) in [6.07, 6.45) is 2.52. The highest BCUT2D eigenvalue weighted by molar-refractivity contribution is 5.54. The summed E-state index contributed by atoms with van der Waals surface area (Å²) in [5.41, 5.74) is 4.10. The molecule has 17 heavy (non-hydrogen) atoms. The van der Waals surface area contributed by atoms with Gasteiger partial charge in [-0.2, -0.15) is 0 Å². The van der Waals surface area contributed by atoms with E-state index in [2.05, 4.69) is 37.8 Å². The highest BCUT2D eigenvalue weighted by atomic mass is 16.3. The van der Waals surface area contributed by atoms with Crippen LogP contribution in [0.4, 0.5) is 5.69 Å². The molecule has 1 saturated heterocycles.